The van der Waals surface area contributed by atoms with Gasteiger partial charge in [0.2, 0.25) is 0 Å². The lowest BCUT2D eigenvalue weighted by Crippen LogP contribution is -2.36. The van der Waals surface area contributed by atoms with Crippen LogP contribution in [0.1, 0.15) is 25.7 Å². The van der Waals surface area contributed by atoms with E-state index in [1.165, 1.54) is 10.5 Å². The molecule has 0 atom stereocenters. The minimum Gasteiger partial charge on any atom is -0.269 e. The summed E-state index contributed by atoms with van der Waals surface area (Å²) in [5, 5.41) is 0.303. The van der Waals surface area contributed by atoms with E-state index in [2.05, 4.69) is 25.6 Å². The van der Waals surface area contributed by atoms with Crippen LogP contribution >= 0.6 is 27.5 Å². The first-order valence-corrected chi connectivity index (χ1v) is 8.69. The van der Waals surface area contributed by atoms with Gasteiger partial charge in [0, 0.05) is 13.1 Å². The third kappa shape index (κ3) is 4.05. The summed E-state index contributed by atoms with van der Waals surface area (Å²) in [5.74, 6) is 0. The topological polar surface area (TPSA) is 62.3 Å². The summed E-state index contributed by atoms with van der Waals surface area (Å²) in [6, 6.07) is 1.60. The van der Waals surface area contributed by atoms with Gasteiger partial charge in [-0.25, -0.2) is 4.98 Å². The van der Waals surface area contributed by atoms with Gasteiger partial charge in [-0.2, -0.15) is 12.7 Å². The number of halogens is 2. The minimum atomic E-state index is -3.51. The van der Waals surface area contributed by atoms with Crippen molar-refractivity contribution < 1.29 is 8.42 Å². The first kappa shape index (κ1) is 15.0. The largest absolute Gasteiger partial charge is 0.301 e. The third-order valence-corrected chi connectivity index (χ3v) is 5.62. The van der Waals surface area contributed by atoms with Gasteiger partial charge in [0.05, 0.1) is 16.4 Å². The van der Waals surface area contributed by atoms with Crippen molar-refractivity contribution in [3.05, 3.63) is 21.9 Å². The van der Waals surface area contributed by atoms with Gasteiger partial charge >= 0.3 is 10.2 Å². The Kier molecular flexibility index (Phi) is 5.05. The lowest BCUT2D eigenvalue weighted by atomic mass is 10.2. The SMILES string of the molecule is O=S(=O)(Nc1cnc(Cl)c(Br)c1)N1CCCCCC1. The molecule has 1 fully saturated rings. The predicted octanol–water partition coefficient (Wildman–Crippen LogP) is 3.03. The summed E-state index contributed by atoms with van der Waals surface area (Å²) < 4.78 is 29.1. The molecule has 1 aromatic heterocycles. The zero-order valence-electron chi connectivity index (χ0n) is 10.3. The Morgan fingerprint density at radius 1 is 1.26 bits per heavy atom. The molecular weight excluding hydrogens is 354 g/mol. The molecular formula is C11H15BrClN3O2S. The maximum atomic E-state index is 12.2. The highest BCUT2D eigenvalue weighted by Gasteiger charge is 2.23. The second-order valence-electron chi connectivity index (χ2n) is 4.42. The maximum Gasteiger partial charge on any atom is 0.301 e. The van der Waals surface area contributed by atoms with Gasteiger partial charge in [-0.15, -0.1) is 0 Å². The van der Waals surface area contributed by atoms with Crippen molar-refractivity contribution in [1.82, 2.24) is 9.29 Å². The van der Waals surface area contributed by atoms with Crippen LogP contribution in [0.15, 0.2) is 16.7 Å². The summed E-state index contributed by atoms with van der Waals surface area (Å²) in [6.07, 6.45) is 5.38. The van der Waals surface area contributed by atoms with E-state index in [-0.39, 0.29) is 0 Å². The fraction of sp³-hybridized carbons (Fsp3) is 0.545. The van der Waals surface area contributed by atoms with E-state index < -0.39 is 10.2 Å². The molecule has 106 valence electrons. The number of pyridine rings is 1. The number of hydrogen-bond acceptors (Lipinski definition) is 3. The van der Waals surface area contributed by atoms with Gasteiger partial charge in [-0.1, -0.05) is 24.4 Å². The van der Waals surface area contributed by atoms with Crippen LogP contribution in [0.2, 0.25) is 5.15 Å². The minimum absolute atomic E-state index is 0.303. The highest BCUT2D eigenvalue weighted by molar-refractivity contribution is 9.10. The smallest absolute Gasteiger partial charge is 0.269 e. The van der Waals surface area contributed by atoms with Crippen molar-refractivity contribution in [3.8, 4) is 0 Å². The highest BCUT2D eigenvalue weighted by atomic mass is 79.9. The van der Waals surface area contributed by atoms with Crippen molar-refractivity contribution in [2.24, 2.45) is 0 Å². The second-order valence-corrected chi connectivity index (χ2v) is 7.30. The van der Waals surface area contributed by atoms with E-state index in [0.717, 1.165) is 25.7 Å². The van der Waals surface area contributed by atoms with Crippen LogP contribution in [0, 0.1) is 0 Å². The molecule has 1 N–H and O–H groups in total. The van der Waals surface area contributed by atoms with Crippen molar-refractivity contribution in [1.29, 1.82) is 0 Å². The van der Waals surface area contributed by atoms with Crippen LogP contribution in [0.4, 0.5) is 5.69 Å². The number of nitrogens with one attached hydrogen (secondary N) is 1. The number of rotatable bonds is 3. The molecule has 1 aliphatic heterocycles. The molecule has 2 rings (SSSR count). The Morgan fingerprint density at radius 2 is 1.89 bits per heavy atom. The molecule has 19 heavy (non-hydrogen) atoms. The zero-order chi connectivity index (χ0) is 13.9. The van der Waals surface area contributed by atoms with E-state index in [1.54, 1.807) is 6.07 Å². The van der Waals surface area contributed by atoms with E-state index >= 15 is 0 Å². The van der Waals surface area contributed by atoms with Crippen LogP contribution in [-0.2, 0) is 10.2 Å². The standard InChI is InChI=1S/C11H15BrClN3O2S/c12-10-7-9(8-14-11(10)13)15-19(17,18)16-5-3-1-2-4-6-16/h7-8,15H,1-6H2. The fourth-order valence-corrected chi connectivity index (χ4v) is 3.70. The summed E-state index contributed by atoms with van der Waals surface area (Å²) >= 11 is 9.00. The molecule has 0 unspecified atom stereocenters. The molecule has 0 aromatic carbocycles. The third-order valence-electron chi connectivity index (χ3n) is 2.95. The maximum absolute atomic E-state index is 12.2. The second kappa shape index (κ2) is 6.39. The van der Waals surface area contributed by atoms with Gasteiger partial charge in [0.1, 0.15) is 5.15 Å². The Hall–Kier alpha value is -0.370. The highest BCUT2D eigenvalue weighted by Crippen LogP contribution is 2.24. The quantitative estimate of drug-likeness (QED) is 0.834. The summed E-state index contributed by atoms with van der Waals surface area (Å²) in [4.78, 5) is 3.90. The molecule has 2 heterocycles. The summed E-state index contributed by atoms with van der Waals surface area (Å²) in [6.45, 7) is 1.13. The van der Waals surface area contributed by atoms with E-state index in [1.807, 2.05) is 0 Å². The Balaban J connectivity index is 2.13. The molecule has 0 radical (unpaired) electrons. The van der Waals surface area contributed by atoms with Gasteiger partial charge in [-0.3, -0.25) is 4.72 Å². The van der Waals surface area contributed by atoms with Crippen LogP contribution in [0.3, 0.4) is 0 Å². The van der Waals surface area contributed by atoms with Gasteiger partial charge in [0.25, 0.3) is 0 Å². The van der Waals surface area contributed by atoms with Crippen molar-refractivity contribution in [2.45, 2.75) is 25.7 Å². The molecule has 8 heteroatoms. The van der Waals surface area contributed by atoms with Gasteiger partial charge < -0.3 is 0 Å². The number of anilines is 1. The Bertz CT molecular complexity index is 545. The Labute approximate surface area is 126 Å². The van der Waals surface area contributed by atoms with Gasteiger partial charge in [0.15, 0.2) is 0 Å². The van der Waals surface area contributed by atoms with Crippen LogP contribution in [-0.4, -0.2) is 30.8 Å². The van der Waals surface area contributed by atoms with E-state index in [4.69, 9.17) is 11.6 Å². The normalized spacial score (nSPS) is 18.0. The first-order chi connectivity index (χ1) is 8.99. The summed E-state index contributed by atoms with van der Waals surface area (Å²) in [5.41, 5.74) is 0.403. The molecule has 0 bridgehead atoms. The lowest BCUT2D eigenvalue weighted by Gasteiger charge is -2.20. The first-order valence-electron chi connectivity index (χ1n) is 6.08. The van der Waals surface area contributed by atoms with Crippen LogP contribution < -0.4 is 4.72 Å². The van der Waals surface area contributed by atoms with Crippen LogP contribution in [0.25, 0.3) is 0 Å². The van der Waals surface area contributed by atoms with Crippen LogP contribution in [0.5, 0.6) is 0 Å². The van der Waals surface area contributed by atoms with Crippen molar-refractivity contribution in [3.63, 3.8) is 0 Å². The van der Waals surface area contributed by atoms with Crippen molar-refractivity contribution in [2.75, 3.05) is 17.8 Å². The van der Waals surface area contributed by atoms with Crippen molar-refractivity contribution >= 4 is 43.4 Å². The molecule has 0 amide bonds. The lowest BCUT2D eigenvalue weighted by molar-refractivity contribution is 0.427. The number of hydrogen-bond donors (Lipinski definition) is 1. The Morgan fingerprint density at radius 3 is 2.47 bits per heavy atom. The van der Waals surface area contributed by atoms with E-state index in [0.29, 0.717) is 28.4 Å². The average Bonchev–Trinajstić information content (AvgIpc) is 2.63. The zero-order valence-corrected chi connectivity index (χ0v) is 13.4. The van der Waals surface area contributed by atoms with Gasteiger partial charge in [-0.05, 0) is 34.8 Å². The molecule has 1 aliphatic rings. The number of aromatic nitrogens is 1. The fourth-order valence-electron chi connectivity index (χ4n) is 1.97. The molecule has 0 saturated carbocycles. The monoisotopic (exact) mass is 367 g/mol. The predicted molar refractivity (Wildman–Crippen MR) is 79.5 cm³/mol. The molecule has 0 aliphatic carbocycles. The molecule has 1 aromatic rings. The van der Waals surface area contributed by atoms with E-state index in [9.17, 15) is 8.42 Å². The molecule has 0 spiro atoms. The molecule has 5 nitrogen and oxygen atoms in total. The average molecular weight is 369 g/mol. The molecule has 1 saturated heterocycles. The summed E-state index contributed by atoms with van der Waals surface area (Å²) in [7, 11) is -3.51. The number of nitrogens with zero attached hydrogens (tertiary/aromatic N) is 2.